The highest BCUT2D eigenvalue weighted by Gasteiger charge is 2.19. The van der Waals surface area contributed by atoms with Crippen LogP contribution in [0.1, 0.15) is 27.6 Å². The molecule has 0 radical (unpaired) electrons. The van der Waals surface area contributed by atoms with E-state index in [0.29, 0.717) is 23.5 Å². The molecule has 0 saturated carbocycles. The SMILES string of the molecule is COc1ccc(S[C@@H](CC(=O)c2ccc(F)cc2)c2ccccc2)cc1OC. The molecular formula is C23H21FO3S. The van der Waals surface area contributed by atoms with Crippen LogP contribution in [0, 0.1) is 5.82 Å². The molecule has 144 valence electrons. The zero-order valence-electron chi connectivity index (χ0n) is 15.7. The summed E-state index contributed by atoms with van der Waals surface area (Å²) < 4.78 is 23.8. The van der Waals surface area contributed by atoms with Crippen molar-refractivity contribution in [3.63, 3.8) is 0 Å². The molecule has 0 unspecified atom stereocenters. The third-order valence-electron chi connectivity index (χ3n) is 4.34. The summed E-state index contributed by atoms with van der Waals surface area (Å²) in [5, 5.41) is -0.0862. The Labute approximate surface area is 168 Å². The number of halogens is 1. The molecule has 0 N–H and O–H groups in total. The van der Waals surface area contributed by atoms with Crippen LogP contribution in [0.4, 0.5) is 4.39 Å². The van der Waals surface area contributed by atoms with Gasteiger partial charge in [-0.05, 0) is 48.0 Å². The number of ketones is 1. The number of hydrogen-bond donors (Lipinski definition) is 0. The molecule has 0 amide bonds. The Hall–Kier alpha value is -2.79. The summed E-state index contributed by atoms with van der Waals surface area (Å²) in [6.07, 6.45) is 0.300. The third-order valence-corrected chi connectivity index (χ3v) is 5.59. The van der Waals surface area contributed by atoms with Crippen molar-refractivity contribution < 1.29 is 18.7 Å². The molecular weight excluding hydrogens is 375 g/mol. The van der Waals surface area contributed by atoms with Crippen LogP contribution in [0.25, 0.3) is 0 Å². The van der Waals surface area contributed by atoms with Crippen LogP contribution < -0.4 is 9.47 Å². The van der Waals surface area contributed by atoms with Crippen LogP contribution in [-0.4, -0.2) is 20.0 Å². The zero-order chi connectivity index (χ0) is 19.9. The maximum Gasteiger partial charge on any atom is 0.164 e. The fraction of sp³-hybridized carbons (Fsp3) is 0.174. The highest BCUT2D eigenvalue weighted by molar-refractivity contribution is 7.99. The predicted molar refractivity (Wildman–Crippen MR) is 110 cm³/mol. The van der Waals surface area contributed by atoms with Gasteiger partial charge in [0.15, 0.2) is 17.3 Å². The van der Waals surface area contributed by atoms with Crippen LogP contribution in [-0.2, 0) is 0 Å². The van der Waals surface area contributed by atoms with Crippen LogP contribution >= 0.6 is 11.8 Å². The van der Waals surface area contributed by atoms with E-state index in [1.165, 1.54) is 24.3 Å². The van der Waals surface area contributed by atoms with Crippen LogP contribution in [0.2, 0.25) is 0 Å². The molecule has 3 rings (SSSR count). The summed E-state index contributed by atoms with van der Waals surface area (Å²) in [5.74, 6) is 0.923. The van der Waals surface area contributed by atoms with Crippen LogP contribution in [0.3, 0.4) is 0 Å². The van der Waals surface area contributed by atoms with Gasteiger partial charge in [-0.2, -0.15) is 0 Å². The second kappa shape index (κ2) is 9.42. The summed E-state index contributed by atoms with van der Waals surface area (Å²) in [4.78, 5) is 13.7. The topological polar surface area (TPSA) is 35.5 Å². The summed E-state index contributed by atoms with van der Waals surface area (Å²) in [5.41, 5.74) is 1.56. The van der Waals surface area contributed by atoms with Gasteiger partial charge in [-0.25, -0.2) is 4.39 Å². The van der Waals surface area contributed by atoms with Crippen molar-refractivity contribution in [1.82, 2.24) is 0 Å². The summed E-state index contributed by atoms with van der Waals surface area (Å²) in [6, 6.07) is 21.3. The Kier molecular flexibility index (Phi) is 6.71. The number of hydrogen-bond acceptors (Lipinski definition) is 4. The molecule has 1 atom stereocenters. The second-order valence-corrected chi connectivity index (χ2v) is 7.44. The van der Waals surface area contributed by atoms with Crippen molar-refractivity contribution in [3.05, 3.63) is 89.7 Å². The van der Waals surface area contributed by atoms with Crippen molar-refractivity contribution in [1.29, 1.82) is 0 Å². The number of ether oxygens (including phenoxy) is 2. The van der Waals surface area contributed by atoms with Gasteiger partial charge in [0.1, 0.15) is 5.82 Å². The van der Waals surface area contributed by atoms with Crippen LogP contribution in [0.5, 0.6) is 11.5 Å². The van der Waals surface area contributed by atoms with Gasteiger partial charge >= 0.3 is 0 Å². The quantitative estimate of drug-likeness (QED) is 0.348. The fourth-order valence-corrected chi connectivity index (χ4v) is 4.05. The Morgan fingerprint density at radius 1 is 0.929 bits per heavy atom. The number of Topliss-reactive ketones (excluding diaryl/α,β-unsaturated/α-hetero) is 1. The number of thioether (sulfide) groups is 1. The van der Waals surface area contributed by atoms with Crippen molar-refractivity contribution in [3.8, 4) is 11.5 Å². The molecule has 0 heterocycles. The molecule has 0 bridgehead atoms. The molecule has 28 heavy (non-hydrogen) atoms. The van der Waals surface area contributed by atoms with E-state index >= 15 is 0 Å². The van der Waals surface area contributed by atoms with Crippen molar-refractivity contribution in [2.24, 2.45) is 0 Å². The first-order chi connectivity index (χ1) is 13.6. The normalized spacial score (nSPS) is 11.7. The van der Waals surface area contributed by atoms with Crippen molar-refractivity contribution >= 4 is 17.5 Å². The first kappa shape index (κ1) is 20.0. The fourth-order valence-electron chi connectivity index (χ4n) is 2.87. The zero-order valence-corrected chi connectivity index (χ0v) is 16.5. The highest BCUT2D eigenvalue weighted by atomic mass is 32.2. The van der Waals surface area contributed by atoms with Gasteiger partial charge in [0.25, 0.3) is 0 Å². The molecule has 3 nitrogen and oxygen atoms in total. The maximum absolute atomic E-state index is 13.2. The van der Waals surface area contributed by atoms with Gasteiger partial charge < -0.3 is 9.47 Å². The van der Waals surface area contributed by atoms with Crippen molar-refractivity contribution in [2.75, 3.05) is 14.2 Å². The van der Waals surface area contributed by atoms with E-state index in [9.17, 15) is 9.18 Å². The molecule has 3 aromatic rings. The summed E-state index contributed by atoms with van der Waals surface area (Å²) >= 11 is 1.59. The van der Waals surface area contributed by atoms with E-state index in [0.717, 1.165) is 10.5 Å². The maximum atomic E-state index is 13.2. The van der Waals surface area contributed by atoms with Gasteiger partial charge in [-0.15, -0.1) is 11.8 Å². The molecule has 0 fully saturated rings. The van der Waals surface area contributed by atoms with Gasteiger partial charge in [-0.1, -0.05) is 30.3 Å². The number of benzene rings is 3. The Morgan fingerprint density at radius 2 is 1.61 bits per heavy atom. The molecule has 0 aliphatic carbocycles. The molecule has 0 saturated heterocycles. The first-order valence-electron chi connectivity index (χ1n) is 8.83. The summed E-state index contributed by atoms with van der Waals surface area (Å²) in [6.45, 7) is 0. The minimum atomic E-state index is -0.351. The van der Waals surface area contributed by atoms with Gasteiger partial charge in [0.05, 0.1) is 14.2 Å². The standard InChI is InChI=1S/C23H21FO3S/c1-26-21-13-12-19(14-22(21)27-2)28-23(17-6-4-3-5-7-17)15-20(25)16-8-10-18(24)11-9-16/h3-14,23H,15H2,1-2H3/t23-/m0/s1. The van der Waals surface area contributed by atoms with E-state index in [4.69, 9.17) is 9.47 Å². The lowest BCUT2D eigenvalue weighted by molar-refractivity contribution is 0.0982. The molecule has 0 spiro atoms. The second-order valence-electron chi connectivity index (χ2n) is 6.17. The van der Waals surface area contributed by atoms with Gasteiger partial charge in [-0.3, -0.25) is 4.79 Å². The third kappa shape index (κ3) is 4.93. The number of rotatable bonds is 8. The molecule has 5 heteroatoms. The van der Waals surface area contributed by atoms with E-state index in [-0.39, 0.29) is 16.9 Å². The van der Waals surface area contributed by atoms with Gasteiger partial charge in [0, 0.05) is 22.1 Å². The minimum absolute atomic E-state index is 0.0261. The Balaban J connectivity index is 1.85. The molecule has 0 aliphatic rings. The van der Waals surface area contributed by atoms with Crippen molar-refractivity contribution in [2.45, 2.75) is 16.6 Å². The average Bonchev–Trinajstić information content (AvgIpc) is 2.74. The Morgan fingerprint density at radius 3 is 2.25 bits per heavy atom. The largest absolute Gasteiger partial charge is 0.493 e. The lowest BCUT2D eigenvalue weighted by Crippen LogP contribution is -2.05. The number of methoxy groups -OCH3 is 2. The minimum Gasteiger partial charge on any atom is -0.493 e. The Bertz CT molecular complexity index is 926. The lowest BCUT2D eigenvalue weighted by atomic mass is 10.0. The average molecular weight is 396 g/mol. The van der Waals surface area contributed by atoms with E-state index < -0.39 is 0 Å². The highest BCUT2D eigenvalue weighted by Crippen LogP contribution is 2.41. The van der Waals surface area contributed by atoms with E-state index in [1.807, 2.05) is 48.5 Å². The molecule has 0 aliphatic heterocycles. The molecule has 0 aromatic heterocycles. The van der Waals surface area contributed by atoms with Gasteiger partial charge in [0.2, 0.25) is 0 Å². The van der Waals surface area contributed by atoms with E-state index in [2.05, 4.69) is 0 Å². The number of carbonyl (C=O) groups excluding carboxylic acids is 1. The monoisotopic (exact) mass is 396 g/mol. The predicted octanol–water partition coefficient (Wildman–Crippen LogP) is 5.95. The number of carbonyl (C=O) groups is 1. The molecule has 3 aromatic carbocycles. The van der Waals surface area contributed by atoms with E-state index in [1.54, 1.807) is 26.0 Å². The first-order valence-corrected chi connectivity index (χ1v) is 9.71. The summed E-state index contributed by atoms with van der Waals surface area (Å²) in [7, 11) is 3.19. The smallest absolute Gasteiger partial charge is 0.164 e. The lowest BCUT2D eigenvalue weighted by Gasteiger charge is -2.18. The van der Waals surface area contributed by atoms with Crippen LogP contribution in [0.15, 0.2) is 77.7 Å².